The van der Waals surface area contributed by atoms with Crippen LogP contribution < -0.4 is 0 Å². The molecule has 0 spiro atoms. The first-order valence-corrected chi connectivity index (χ1v) is 5.78. The molecule has 0 radical (unpaired) electrons. The third-order valence-electron chi connectivity index (χ3n) is 2.48. The molecule has 2 heterocycles. The Morgan fingerprint density at radius 1 is 1.11 bits per heavy atom. The van der Waals surface area contributed by atoms with E-state index in [0.717, 1.165) is 0 Å². The highest BCUT2D eigenvalue weighted by Crippen LogP contribution is 2.33. The van der Waals surface area contributed by atoms with Gasteiger partial charge in [-0.3, -0.25) is 0 Å². The summed E-state index contributed by atoms with van der Waals surface area (Å²) in [6.07, 6.45) is 0. The summed E-state index contributed by atoms with van der Waals surface area (Å²) in [4.78, 5) is 0. The highest BCUT2D eigenvalue weighted by atomic mass is 35.5. The Morgan fingerprint density at radius 3 is 2.72 bits per heavy atom. The molecule has 1 aromatic carbocycles. The number of aromatic nitrogens is 2. The maximum absolute atomic E-state index is 13.5. The first-order valence-electron chi connectivity index (χ1n) is 5.02. The van der Waals surface area contributed by atoms with Crippen LogP contribution in [0.5, 0.6) is 0 Å². The number of para-hydroxylation sites is 1. The fourth-order valence-corrected chi connectivity index (χ4v) is 2.02. The zero-order valence-corrected chi connectivity index (χ0v) is 10.3. The third kappa shape index (κ3) is 1.83. The van der Waals surface area contributed by atoms with Gasteiger partial charge < -0.3 is 4.42 Å². The summed E-state index contributed by atoms with van der Waals surface area (Å²) < 4.78 is 18.9. The maximum Gasteiger partial charge on any atom is 0.170 e. The molecule has 3 nitrogen and oxygen atoms in total. The minimum atomic E-state index is -0.428. The molecule has 0 saturated heterocycles. The Hall–Kier alpha value is -1.65. The van der Waals surface area contributed by atoms with E-state index in [1.165, 1.54) is 12.1 Å². The van der Waals surface area contributed by atoms with Gasteiger partial charge in [0.2, 0.25) is 0 Å². The molecular formula is C12H5Cl2FN2O. The average Bonchev–Trinajstić information content (AvgIpc) is 2.77. The van der Waals surface area contributed by atoms with Gasteiger partial charge in [-0.05, 0) is 18.2 Å². The van der Waals surface area contributed by atoms with Gasteiger partial charge in [0, 0.05) is 5.39 Å². The van der Waals surface area contributed by atoms with Crippen molar-refractivity contribution in [3.8, 4) is 11.3 Å². The van der Waals surface area contributed by atoms with Crippen LogP contribution in [0.25, 0.3) is 22.3 Å². The molecule has 0 fully saturated rings. The van der Waals surface area contributed by atoms with Crippen LogP contribution in [0.4, 0.5) is 4.39 Å². The molecule has 0 N–H and O–H groups in total. The molecule has 3 aromatic rings. The lowest BCUT2D eigenvalue weighted by Gasteiger charge is -1.98. The van der Waals surface area contributed by atoms with Crippen molar-refractivity contribution in [3.05, 3.63) is 46.5 Å². The van der Waals surface area contributed by atoms with Gasteiger partial charge in [0.1, 0.15) is 5.76 Å². The van der Waals surface area contributed by atoms with Crippen LogP contribution in [0.1, 0.15) is 0 Å². The van der Waals surface area contributed by atoms with E-state index >= 15 is 0 Å². The number of furan rings is 1. The molecule has 0 saturated carbocycles. The topological polar surface area (TPSA) is 38.9 Å². The summed E-state index contributed by atoms with van der Waals surface area (Å²) in [5, 5.41) is 8.27. The highest BCUT2D eigenvalue weighted by Gasteiger charge is 2.14. The molecule has 90 valence electrons. The second-order valence-corrected chi connectivity index (χ2v) is 4.39. The van der Waals surface area contributed by atoms with Gasteiger partial charge in [0.25, 0.3) is 0 Å². The Bertz CT molecular complexity index is 742. The van der Waals surface area contributed by atoms with Gasteiger partial charge >= 0.3 is 0 Å². The third-order valence-corrected chi connectivity index (χ3v) is 2.94. The predicted octanol–water partition coefficient (Wildman–Crippen LogP) is 4.34. The van der Waals surface area contributed by atoms with E-state index in [-0.39, 0.29) is 15.9 Å². The number of rotatable bonds is 1. The van der Waals surface area contributed by atoms with Gasteiger partial charge in [-0.25, -0.2) is 4.39 Å². The fourth-order valence-electron chi connectivity index (χ4n) is 1.69. The number of hydrogen-bond acceptors (Lipinski definition) is 3. The van der Waals surface area contributed by atoms with E-state index in [4.69, 9.17) is 27.6 Å². The maximum atomic E-state index is 13.5. The largest absolute Gasteiger partial charge is 0.453 e. The van der Waals surface area contributed by atoms with E-state index in [0.29, 0.717) is 16.7 Å². The quantitative estimate of drug-likeness (QED) is 0.667. The Balaban J connectivity index is 2.26. The van der Waals surface area contributed by atoms with Crippen molar-refractivity contribution in [1.29, 1.82) is 0 Å². The molecule has 0 aliphatic carbocycles. The Morgan fingerprint density at radius 2 is 1.94 bits per heavy atom. The lowest BCUT2D eigenvalue weighted by Crippen LogP contribution is -1.86. The van der Waals surface area contributed by atoms with Crippen LogP contribution in [-0.4, -0.2) is 10.2 Å². The van der Waals surface area contributed by atoms with Gasteiger partial charge in [-0.1, -0.05) is 35.3 Å². The summed E-state index contributed by atoms with van der Waals surface area (Å²) in [6.45, 7) is 0. The molecule has 0 bridgehead atoms. The monoisotopic (exact) mass is 282 g/mol. The molecule has 2 aromatic heterocycles. The fraction of sp³-hybridized carbons (Fsp3) is 0. The number of fused-ring (bicyclic) bond motifs is 1. The SMILES string of the molecule is Fc1cccc2cc(-c3cc(Cl)nnc3Cl)oc12. The number of hydrogen-bond donors (Lipinski definition) is 0. The second-order valence-electron chi connectivity index (χ2n) is 3.64. The first-order chi connectivity index (χ1) is 8.65. The summed E-state index contributed by atoms with van der Waals surface area (Å²) in [5.41, 5.74) is 0.656. The Kier molecular flexibility index (Phi) is 2.69. The van der Waals surface area contributed by atoms with Crippen molar-refractivity contribution >= 4 is 34.2 Å². The van der Waals surface area contributed by atoms with Gasteiger partial charge in [-0.2, -0.15) is 0 Å². The smallest absolute Gasteiger partial charge is 0.170 e. The van der Waals surface area contributed by atoms with Crippen LogP contribution in [-0.2, 0) is 0 Å². The minimum Gasteiger partial charge on any atom is -0.453 e. The van der Waals surface area contributed by atoms with Crippen LogP contribution >= 0.6 is 23.2 Å². The zero-order valence-electron chi connectivity index (χ0n) is 8.82. The molecule has 6 heteroatoms. The van der Waals surface area contributed by atoms with Crippen LogP contribution in [0, 0.1) is 5.82 Å². The number of nitrogens with zero attached hydrogens (tertiary/aromatic N) is 2. The van der Waals surface area contributed by atoms with Crippen molar-refractivity contribution in [3.63, 3.8) is 0 Å². The number of halogens is 3. The predicted molar refractivity (Wildman–Crippen MR) is 67.2 cm³/mol. The molecular weight excluding hydrogens is 278 g/mol. The standard InChI is InChI=1S/C12H5Cl2FN2O/c13-10-5-7(12(14)17-16-10)9-4-6-2-1-3-8(15)11(6)18-9/h1-5H. The van der Waals surface area contributed by atoms with Crippen molar-refractivity contribution in [2.75, 3.05) is 0 Å². The minimum absolute atomic E-state index is 0.152. The molecule has 18 heavy (non-hydrogen) atoms. The van der Waals surface area contributed by atoms with Gasteiger partial charge in [-0.15, -0.1) is 10.2 Å². The van der Waals surface area contributed by atoms with E-state index in [2.05, 4.69) is 10.2 Å². The Labute approximate surface area is 111 Å². The number of benzene rings is 1. The van der Waals surface area contributed by atoms with Crippen LogP contribution in [0.2, 0.25) is 10.3 Å². The molecule has 0 aliphatic heterocycles. The van der Waals surface area contributed by atoms with E-state index in [1.54, 1.807) is 18.2 Å². The van der Waals surface area contributed by atoms with Crippen LogP contribution in [0.15, 0.2) is 34.7 Å². The normalized spacial score (nSPS) is 11.1. The lowest BCUT2D eigenvalue weighted by molar-refractivity contribution is 0.568. The van der Waals surface area contributed by atoms with Gasteiger partial charge in [0.15, 0.2) is 21.7 Å². The van der Waals surface area contributed by atoms with Crippen molar-refractivity contribution in [1.82, 2.24) is 10.2 Å². The van der Waals surface area contributed by atoms with Crippen molar-refractivity contribution in [2.24, 2.45) is 0 Å². The summed E-state index contributed by atoms with van der Waals surface area (Å²) in [5.74, 6) is -0.0279. The van der Waals surface area contributed by atoms with Crippen molar-refractivity contribution < 1.29 is 8.81 Å². The van der Waals surface area contributed by atoms with E-state index in [9.17, 15) is 4.39 Å². The summed E-state index contributed by atoms with van der Waals surface area (Å²) >= 11 is 11.7. The molecule has 0 aliphatic rings. The summed E-state index contributed by atoms with van der Waals surface area (Å²) in [6, 6.07) is 7.88. The molecule has 3 rings (SSSR count). The average molecular weight is 283 g/mol. The highest BCUT2D eigenvalue weighted by molar-refractivity contribution is 6.33. The van der Waals surface area contributed by atoms with E-state index in [1.807, 2.05) is 0 Å². The van der Waals surface area contributed by atoms with Crippen LogP contribution in [0.3, 0.4) is 0 Å². The van der Waals surface area contributed by atoms with Gasteiger partial charge in [0.05, 0.1) is 5.56 Å². The first kappa shape index (κ1) is 11.4. The van der Waals surface area contributed by atoms with Crippen molar-refractivity contribution in [2.45, 2.75) is 0 Å². The molecule has 0 unspecified atom stereocenters. The summed E-state index contributed by atoms with van der Waals surface area (Å²) in [7, 11) is 0. The molecule has 0 amide bonds. The zero-order chi connectivity index (χ0) is 12.7. The molecule has 0 atom stereocenters. The second kappa shape index (κ2) is 4.23. The van der Waals surface area contributed by atoms with E-state index < -0.39 is 5.82 Å². The lowest BCUT2D eigenvalue weighted by atomic mass is 10.2.